The van der Waals surface area contributed by atoms with Crippen LogP contribution in [0.1, 0.15) is 143 Å². The predicted octanol–water partition coefficient (Wildman–Crippen LogP) is 0.944. The zero-order chi connectivity index (χ0) is 60.5. The number of Topliss-reactive ketones (excluding diaryl/α,β-unsaturated/α-hetero) is 4. The Kier molecular flexibility index (Phi) is 28.3. The summed E-state index contributed by atoms with van der Waals surface area (Å²) in [5.41, 5.74) is 0.501. The molecule has 9 atom stereocenters. The molecule has 0 aliphatic carbocycles. The van der Waals surface area contributed by atoms with Crippen molar-refractivity contribution in [2.75, 3.05) is 26.2 Å². The number of nitrogens with zero attached hydrogens (tertiary/aromatic N) is 1. The third kappa shape index (κ3) is 23.6. The van der Waals surface area contributed by atoms with Gasteiger partial charge in [0.15, 0.2) is 23.1 Å². The molecule has 0 bridgehead atoms. The monoisotopic (exact) mass is 1140 g/mol. The molecular weight excluding hydrogens is 1060 g/mol. The van der Waals surface area contributed by atoms with Gasteiger partial charge in [-0.05, 0) is 74.5 Å². The quantitative estimate of drug-likeness (QED) is 0.0689. The number of carbonyl (C=O) groups excluding carboxylic acids is 12. The van der Waals surface area contributed by atoms with Gasteiger partial charge in [0.25, 0.3) is 0 Å². The number of nitrogens with one attached hydrogen (secondary N) is 7. The summed E-state index contributed by atoms with van der Waals surface area (Å²) >= 11 is 0. The third-order valence-corrected chi connectivity index (χ3v) is 14.5. The van der Waals surface area contributed by atoms with Crippen molar-refractivity contribution in [1.29, 1.82) is 0 Å². The fourth-order valence-corrected chi connectivity index (χ4v) is 9.74. The number of aromatic hydroxyl groups is 1. The lowest BCUT2D eigenvalue weighted by Gasteiger charge is -2.30. The molecule has 3 rings (SSSR count). The van der Waals surface area contributed by atoms with Gasteiger partial charge in [-0.1, -0.05) is 53.2 Å². The molecule has 1 aromatic carbocycles. The molecule has 0 spiro atoms. The van der Waals surface area contributed by atoms with Crippen LogP contribution >= 0.6 is 0 Å². The van der Waals surface area contributed by atoms with Crippen molar-refractivity contribution in [2.24, 2.45) is 29.6 Å². The van der Waals surface area contributed by atoms with Crippen LogP contribution in [0.5, 0.6) is 5.75 Å². The summed E-state index contributed by atoms with van der Waals surface area (Å²) in [4.78, 5) is 188. The Morgan fingerprint density at radius 2 is 1.44 bits per heavy atom. The Hall–Kier alpha value is -7.60. The van der Waals surface area contributed by atoms with E-state index < -0.39 is 188 Å². The van der Waals surface area contributed by atoms with E-state index in [9.17, 15) is 82.4 Å². The number of likely N-dealkylation sites (tertiary alicyclic amines) is 1. The Bertz CT molecular complexity index is 2450. The van der Waals surface area contributed by atoms with Crippen molar-refractivity contribution in [3.8, 4) is 5.75 Å². The molecule has 0 saturated carbocycles. The molecule has 448 valence electrons. The molecule has 8 amide bonds. The Morgan fingerprint density at radius 3 is 2.06 bits per heavy atom. The summed E-state index contributed by atoms with van der Waals surface area (Å²) in [6, 6.07) is -0.643. The number of carbonyl (C=O) groups is 14. The van der Waals surface area contributed by atoms with Gasteiger partial charge in [-0.15, -0.1) is 0 Å². The summed E-state index contributed by atoms with van der Waals surface area (Å²) in [5.74, 6) is -15.9. The smallest absolute Gasteiger partial charge is 0.304 e. The number of ketones is 4. The molecule has 1 aromatic rings. The highest BCUT2D eigenvalue weighted by Gasteiger charge is 2.41. The van der Waals surface area contributed by atoms with Crippen LogP contribution in [-0.2, 0) is 73.5 Å². The molecular formula is C56H82N8O17. The van der Waals surface area contributed by atoms with Crippen molar-refractivity contribution in [2.45, 2.75) is 174 Å². The first kappa shape index (κ1) is 67.7. The number of benzene rings is 1. The molecule has 2 saturated heterocycles. The fourth-order valence-electron chi connectivity index (χ4n) is 9.74. The summed E-state index contributed by atoms with van der Waals surface area (Å²) in [5, 5.41) is 47.2. The van der Waals surface area contributed by atoms with Crippen molar-refractivity contribution in [3.05, 3.63) is 29.8 Å². The van der Waals surface area contributed by atoms with E-state index in [0.717, 1.165) is 0 Å². The van der Waals surface area contributed by atoms with E-state index in [1.165, 1.54) is 36.1 Å². The zero-order valence-electron chi connectivity index (χ0n) is 47.2. The van der Waals surface area contributed by atoms with Gasteiger partial charge in [-0.2, -0.15) is 0 Å². The molecule has 25 heteroatoms. The SMILES string of the molecule is CCC(=O)[C@@H]1CCCCNC(=O)CC(NC(=O)C(CCC(=O)O)CC(=O)[C@@H]2CCCN2C(=O)[C@H](Cc2ccc(O)cc2)NC(=O)CNC(=O)CNC(C)=O)C(=O)CC([C@@H](C)CC)C(=O)N[C@@H](CC(C)C)C(=O)C[C@@H](CC(=O)O)C(=O)N1. The van der Waals surface area contributed by atoms with Crippen LogP contribution in [0.4, 0.5) is 0 Å². The topological polar surface area (TPSA) is 387 Å². The molecule has 2 fully saturated rings. The maximum atomic E-state index is 14.6. The van der Waals surface area contributed by atoms with Gasteiger partial charge in [0.2, 0.25) is 47.3 Å². The Morgan fingerprint density at radius 1 is 0.765 bits per heavy atom. The summed E-state index contributed by atoms with van der Waals surface area (Å²) < 4.78 is 0. The van der Waals surface area contributed by atoms with Crippen molar-refractivity contribution in [3.63, 3.8) is 0 Å². The highest BCUT2D eigenvalue weighted by Crippen LogP contribution is 2.27. The highest BCUT2D eigenvalue weighted by atomic mass is 16.4. The third-order valence-electron chi connectivity index (χ3n) is 14.5. The lowest BCUT2D eigenvalue weighted by atomic mass is 9.84. The molecule has 25 nitrogen and oxygen atoms in total. The number of phenolic OH excluding ortho intramolecular Hbond substituents is 1. The summed E-state index contributed by atoms with van der Waals surface area (Å²) in [6.45, 7) is 8.83. The molecule has 2 aliphatic heterocycles. The van der Waals surface area contributed by atoms with Crippen molar-refractivity contribution in [1.82, 2.24) is 42.1 Å². The standard InChI is InChI=1S/C56H82N8O17/c1-7-32(5)38-27-46(69)41(28-48(71)57-20-10-9-12-39(44(67)8-2)61-54(79)36(26-52(76)77)25-45(68)40(22-31(3)4)63-55(38)80)62-53(78)35(16-19-51(74)75)24-47(70)43-13-11-21-64(43)56(81)42(23-34-14-17-37(66)18-15-34)60-50(73)30-59-49(72)29-58-33(6)65/h14-15,17-18,31-32,35-36,38-43,66H,7-13,16,19-30H2,1-6H3,(H,57,71)(H,58,65)(H,59,72)(H,60,73)(H,61,79)(H,62,78)(H,63,80)(H,74,75)(H,76,77)/t32-,35?,36-,38?,39-,40-,41?,42-,43-/m0/s1. The molecule has 3 unspecified atom stereocenters. The largest absolute Gasteiger partial charge is 0.508 e. The summed E-state index contributed by atoms with van der Waals surface area (Å²) in [6.07, 6.45) is -2.89. The van der Waals surface area contributed by atoms with Crippen LogP contribution < -0.4 is 37.2 Å². The molecule has 2 aliphatic rings. The van der Waals surface area contributed by atoms with Crippen LogP contribution in [0.2, 0.25) is 0 Å². The molecule has 0 aromatic heterocycles. The second kappa shape index (κ2) is 33.9. The molecule has 10 N–H and O–H groups in total. The number of hydrogen-bond donors (Lipinski definition) is 10. The number of hydrogen-bond acceptors (Lipinski definition) is 15. The van der Waals surface area contributed by atoms with Gasteiger partial charge in [-0.3, -0.25) is 67.1 Å². The van der Waals surface area contributed by atoms with Crippen LogP contribution in [0.25, 0.3) is 0 Å². The van der Waals surface area contributed by atoms with Gasteiger partial charge in [-0.25, -0.2) is 0 Å². The first-order chi connectivity index (χ1) is 38.2. The van der Waals surface area contributed by atoms with E-state index in [4.69, 9.17) is 0 Å². The number of phenols is 1. The average Bonchev–Trinajstić information content (AvgIpc) is 3.99. The first-order valence-corrected chi connectivity index (χ1v) is 27.8. The Labute approximate surface area is 471 Å². The van der Waals surface area contributed by atoms with E-state index in [-0.39, 0.29) is 75.5 Å². The number of rotatable bonds is 24. The fraction of sp³-hybridized carbons (Fsp3) is 0.643. The van der Waals surface area contributed by atoms with E-state index in [2.05, 4.69) is 37.2 Å². The maximum Gasteiger partial charge on any atom is 0.304 e. The average molecular weight is 1140 g/mol. The van der Waals surface area contributed by atoms with Gasteiger partial charge < -0.3 is 57.4 Å². The van der Waals surface area contributed by atoms with Gasteiger partial charge in [0.1, 0.15) is 11.8 Å². The van der Waals surface area contributed by atoms with Gasteiger partial charge in [0.05, 0.1) is 56.0 Å². The van der Waals surface area contributed by atoms with E-state index in [0.29, 0.717) is 18.4 Å². The van der Waals surface area contributed by atoms with Crippen molar-refractivity contribution >= 4 is 82.3 Å². The number of carboxylic acids is 2. The molecule has 0 radical (unpaired) electrons. The zero-order valence-corrected chi connectivity index (χ0v) is 47.2. The van der Waals surface area contributed by atoms with Crippen molar-refractivity contribution < 1.29 is 82.4 Å². The summed E-state index contributed by atoms with van der Waals surface area (Å²) in [7, 11) is 0. The van der Waals surface area contributed by atoms with Gasteiger partial charge in [0, 0.05) is 70.4 Å². The highest BCUT2D eigenvalue weighted by molar-refractivity contribution is 6.00. The Balaban J connectivity index is 1.99. The second-order valence-corrected chi connectivity index (χ2v) is 21.5. The van der Waals surface area contributed by atoms with Crippen LogP contribution in [0.15, 0.2) is 24.3 Å². The van der Waals surface area contributed by atoms with E-state index in [1.807, 2.05) is 0 Å². The second-order valence-electron chi connectivity index (χ2n) is 21.5. The van der Waals surface area contributed by atoms with Gasteiger partial charge >= 0.3 is 11.9 Å². The lowest BCUT2D eigenvalue weighted by Crippen LogP contribution is -2.54. The number of aliphatic carboxylic acids is 2. The first-order valence-electron chi connectivity index (χ1n) is 27.8. The maximum absolute atomic E-state index is 14.6. The minimum atomic E-state index is -1.64. The normalized spacial score (nSPS) is 21.9. The molecule has 2 heterocycles. The van der Waals surface area contributed by atoms with Crippen LogP contribution in [0, 0.1) is 29.6 Å². The minimum absolute atomic E-state index is 0.00226. The van der Waals surface area contributed by atoms with Crippen LogP contribution in [-0.4, -0.2) is 159 Å². The minimum Gasteiger partial charge on any atom is -0.508 e. The van der Waals surface area contributed by atoms with Crippen LogP contribution in [0.3, 0.4) is 0 Å². The molecule has 81 heavy (non-hydrogen) atoms. The number of amides is 8. The van der Waals surface area contributed by atoms with E-state index >= 15 is 0 Å². The van der Waals surface area contributed by atoms with E-state index in [1.54, 1.807) is 34.6 Å². The predicted molar refractivity (Wildman–Crippen MR) is 290 cm³/mol. The lowest BCUT2D eigenvalue weighted by molar-refractivity contribution is -0.143. The number of carboxylic acid groups (broad SMARTS) is 2.